The van der Waals surface area contributed by atoms with Gasteiger partial charge in [0.15, 0.2) is 6.10 Å². The van der Waals surface area contributed by atoms with E-state index < -0.39 is 26.5 Å². The molecule has 10 heteroatoms. The highest BCUT2D eigenvalue weighted by molar-refractivity contribution is 7.47. The van der Waals surface area contributed by atoms with Crippen LogP contribution in [0.15, 0.2) is 146 Å². The average molecular weight is 1130 g/mol. The summed E-state index contributed by atoms with van der Waals surface area (Å²) in [5.74, 6) is -0.820. The summed E-state index contributed by atoms with van der Waals surface area (Å²) < 4.78 is 34.6. The molecule has 0 aliphatic carbocycles. The Morgan fingerprint density at radius 2 is 0.675 bits per heavy atom. The highest BCUT2D eigenvalue weighted by Gasteiger charge is 2.27. The smallest absolute Gasteiger partial charge is 0.462 e. The molecular formula is C70H117NO8P+. The van der Waals surface area contributed by atoms with Crippen molar-refractivity contribution in [1.82, 2.24) is 0 Å². The van der Waals surface area contributed by atoms with Crippen LogP contribution in [0.3, 0.4) is 0 Å². The Kier molecular flexibility index (Phi) is 56.5. The number of carbonyl (C=O) groups excluding carboxylic acids is 2. The van der Waals surface area contributed by atoms with Gasteiger partial charge in [0, 0.05) is 12.8 Å². The maximum atomic E-state index is 12.8. The molecule has 0 aromatic carbocycles. The molecule has 80 heavy (non-hydrogen) atoms. The van der Waals surface area contributed by atoms with Crippen LogP contribution in [-0.4, -0.2) is 74.9 Å². The van der Waals surface area contributed by atoms with Crippen molar-refractivity contribution in [2.45, 2.75) is 238 Å². The van der Waals surface area contributed by atoms with Crippen LogP contribution in [0.5, 0.6) is 0 Å². The van der Waals surface area contributed by atoms with Gasteiger partial charge < -0.3 is 18.9 Å². The Morgan fingerprint density at radius 3 is 1.00 bits per heavy atom. The fourth-order valence-electron chi connectivity index (χ4n) is 8.08. The molecule has 0 rings (SSSR count). The number of unbranched alkanes of at least 4 members (excludes halogenated alkanes) is 18. The molecule has 9 nitrogen and oxygen atoms in total. The van der Waals surface area contributed by atoms with Gasteiger partial charge in [0.25, 0.3) is 0 Å². The van der Waals surface area contributed by atoms with Crippen LogP contribution >= 0.6 is 7.82 Å². The zero-order valence-corrected chi connectivity index (χ0v) is 52.4. The van der Waals surface area contributed by atoms with Crippen LogP contribution in [-0.2, 0) is 32.7 Å². The Bertz CT molecular complexity index is 1860. The molecule has 0 bridgehead atoms. The molecular weight excluding hydrogens is 1010 g/mol. The van der Waals surface area contributed by atoms with Crippen LogP contribution < -0.4 is 0 Å². The van der Waals surface area contributed by atoms with Crippen molar-refractivity contribution in [2.24, 2.45) is 0 Å². The van der Waals surface area contributed by atoms with Crippen molar-refractivity contribution in [3.8, 4) is 0 Å². The van der Waals surface area contributed by atoms with Crippen molar-refractivity contribution in [1.29, 1.82) is 0 Å². The van der Waals surface area contributed by atoms with Gasteiger partial charge in [-0.2, -0.15) is 0 Å². The lowest BCUT2D eigenvalue weighted by molar-refractivity contribution is -0.870. The summed E-state index contributed by atoms with van der Waals surface area (Å²) in [6.07, 6.45) is 87.8. The van der Waals surface area contributed by atoms with Crippen LogP contribution in [0.4, 0.5) is 0 Å². The molecule has 1 N–H and O–H groups in total. The summed E-state index contributed by atoms with van der Waals surface area (Å²) in [4.78, 5) is 35.8. The normalized spacial score (nSPS) is 14.2. The van der Waals surface area contributed by atoms with Crippen molar-refractivity contribution in [3.63, 3.8) is 0 Å². The molecule has 0 aromatic heterocycles. The monoisotopic (exact) mass is 1130 g/mol. The van der Waals surface area contributed by atoms with Crippen LogP contribution in [0.1, 0.15) is 232 Å². The average Bonchev–Trinajstić information content (AvgIpc) is 3.42. The molecule has 0 radical (unpaired) electrons. The first-order valence-electron chi connectivity index (χ1n) is 31.6. The number of phosphoric acid groups is 1. The van der Waals surface area contributed by atoms with Crippen LogP contribution in [0, 0.1) is 0 Å². The maximum Gasteiger partial charge on any atom is 0.472 e. The van der Waals surface area contributed by atoms with Gasteiger partial charge in [0.1, 0.15) is 19.8 Å². The van der Waals surface area contributed by atoms with Gasteiger partial charge in [-0.25, -0.2) is 4.57 Å². The summed E-state index contributed by atoms with van der Waals surface area (Å²) in [5.41, 5.74) is 0. The molecule has 0 aliphatic rings. The predicted octanol–water partition coefficient (Wildman–Crippen LogP) is 20.3. The number of allylic oxidation sites excluding steroid dienone is 24. The van der Waals surface area contributed by atoms with Gasteiger partial charge in [-0.3, -0.25) is 18.6 Å². The number of nitrogens with zero attached hydrogens (tertiary/aromatic N) is 1. The Hall–Kier alpha value is -4.11. The van der Waals surface area contributed by atoms with Gasteiger partial charge in [0.05, 0.1) is 27.7 Å². The highest BCUT2D eigenvalue weighted by Crippen LogP contribution is 2.43. The number of quaternary nitrogens is 1. The third kappa shape index (κ3) is 63.1. The molecule has 0 heterocycles. The number of likely N-dealkylation sites (N-methyl/N-ethyl adjacent to an activating group) is 1. The van der Waals surface area contributed by atoms with E-state index in [0.717, 1.165) is 135 Å². The second-order valence-corrected chi connectivity index (χ2v) is 23.1. The van der Waals surface area contributed by atoms with E-state index in [4.69, 9.17) is 18.5 Å². The fraction of sp³-hybridized carbons (Fsp3) is 0.629. The lowest BCUT2D eigenvalue weighted by Crippen LogP contribution is -2.37. The first kappa shape index (κ1) is 75.9. The molecule has 2 unspecified atom stereocenters. The largest absolute Gasteiger partial charge is 0.472 e. The molecule has 0 amide bonds. The molecule has 2 atom stereocenters. The number of hydrogen-bond donors (Lipinski definition) is 1. The maximum absolute atomic E-state index is 12.8. The van der Waals surface area contributed by atoms with Gasteiger partial charge >= 0.3 is 19.8 Å². The number of phosphoric ester groups is 1. The first-order chi connectivity index (χ1) is 39.0. The van der Waals surface area contributed by atoms with E-state index in [9.17, 15) is 19.0 Å². The Morgan fingerprint density at radius 1 is 0.388 bits per heavy atom. The van der Waals surface area contributed by atoms with Crippen molar-refractivity contribution >= 4 is 19.8 Å². The predicted molar refractivity (Wildman–Crippen MR) is 343 cm³/mol. The lowest BCUT2D eigenvalue weighted by atomic mass is 10.0. The summed E-state index contributed by atoms with van der Waals surface area (Å²) in [6, 6.07) is 0. The van der Waals surface area contributed by atoms with Gasteiger partial charge in [-0.05, 0) is 116 Å². The van der Waals surface area contributed by atoms with Gasteiger partial charge in [-0.15, -0.1) is 0 Å². The number of rotatable bonds is 56. The minimum Gasteiger partial charge on any atom is -0.462 e. The van der Waals surface area contributed by atoms with E-state index >= 15 is 0 Å². The third-order valence-corrected chi connectivity index (χ3v) is 13.8. The van der Waals surface area contributed by atoms with Crippen LogP contribution in [0.25, 0.3) is 0 Å². The van der Waals surface area contributed by atoms with Crippen molar-refractivity contribution in [3.05, 3.63) is 146 Å². The topological polar surface area (TPSA) is 108 Å². The highest BCUT2D eigenvalue weighted by atomic mass is 31.2. The Balaban J connectivity index is 4.16. The van der Waals surface area contributed by atoms with E-state index in [-0.39, 0.29) is 32.0 Å². The van der Waals surface area contributed by atoms with E-state index in [1.807, 2.05) is 21.1 Å². The van der Waals surface area contributed by atoms with Crippen LogP contribution in [0.2, 0.25) is 0 Å². The zero-order chi connectivity index (χ0) is 58.4. The molecule has 0 saturated carbocycles. The summed E-state index contributed by atoms with van der Waals surface area (Å²) >= 11 is 0. The molecule has 0 spiro atoms. The number of ether oxygens (including phenoxy) is 2. The quantitative estimate of drug-likeness (QED) is 0.0211. The molecule has 0 aliphatic heterocycles. The first-order valence-corrected chi connectivity index (χ1v) is 33.1. The second-order valence-electron chi connectivity index (χ2n) is 21.7. The van der Waals surface area contributed by atoms with Crippen molar-refractivity contribution in [2.75, 3.05) is 47.5 Å². The lowest BCUT2D eigenvalue weighted by Gasteiger charge is -2.24. The summed E-state index contributed by atoms with van der Waals surface area (Å²) in [6.45, 7) is 4.18. The second kappa shape index (κ2) is 59.5. The molecule has 0 saturated heterocycles. The van der Waals surface area contributed by atoms with E-state index in [1.165, 1.54) is 64.2 Å². The standard InChI is InChI=1S/C70H116NO8P/c1-6-8-10-12-14-16-18-20-22-24-26-28-29-30-31-32-33-34-35-36-37-38-39-40-41-43-45-47-49-51-53-55-57-59-61-63-70(73)79-68(67-78-80(74,75)77-65-64-71(3,4)5)66-76-69(72)62-60-58-56-54-52-50-48-46-44-42-27-25-23-21-19-17-15-13-11-9-7-2/h8-11,14-17,20-23,26-28,30-31,33-34,36-37,39-40,42,68H,6-7,12-13,18-19,24-25,29,32,35,38,41,43-67H2,1-5H3/p+1/b10-8-,11-9-,16-14-,17-15-,22-20-,23-21-,28-26-,31-30-,34-33-,37-36-,40-39-,42-27-. The van der Waals surface area contributed by atoms with E-state index in [2.05, 4.69) is 160 Å². The summed E-state index contributed by atoms with van der Waals surface area (Å²) in [7, 11) is 1.45. The number of hydrogen-bond acceptors (Lipinski definition) is 7. The van der Waals surface area contributed by atoms with Gasteiger partial charge in [-0.1, -0.05) is 250 Å². The fourth-order valence-corrected chi connectivity index (χ4v) is 8.82. The van der Waals surface area contributed by atoms with E-state index in [0.29, 0.717) is 17.4 Å². The van der Waals surface area contributed by atoms with Crippen molar-refractivity contribution < 1.29 is 42.1 Å². The number of carbonyl (C=O) groups is 2. The summed E-state index contributed by atoms with van der Waals surface area (Å²) in [5, 5.41) is 0. The van der Waals surface area contributed by atoms with Gasteiger partial charge in [0.2, 0.25) is 0 Å². The SMILES string of the molecule is CC/C=C\C/C=C\C/C=C\C/C=C\C/C=C\C/C=C\C/C=C\C/C=C\CCCCCCCCCCCCC(=O)OC(COC(=O)CCCCCCCCCC/C=C\C/C=C\C/C=C\C/C=C\CC)COP(=O)(O)OCC[N+](C)(C)C. The number of esters is 2. The van der Waals surface area contributed by atoms with E-state index in [1.54, 1.807) is 0 Å². The molecule has 0 fully saturated rings. The zero-order valence-electron chi connectivity index (χ0n) is 51.5. The minimum absolute atomic E-state index is 0.0218. The minimum atomic E-state index is -4.40. The molecule has 0 aromatic rings. The third-order valence-electron chi connectivity index (χ3n) is 12.9. The molecule has 454 valence electrons. The Labute approximate surface area is 491 Å².